The van der Waals surface area contributed by atoms with Gasteiger partial charge >= 0.3 is 5.97 Å². The van der Waals surface area contributed by atoms with E-state index >= 15 is 0 Å². The highest BCUT2D eigenvalue weighted by atomic mass is 16.4. The molecule has 2 aromatic rings. The van der Waals surface area contributed by atoms with Gasteiger partial charge in [0.1, 0.15) is 17.1 Å². The predicted octanol–water partition coefficient (Wildman–Crippen LogP) is 3.21. The number of benzene rings is 2. The summed E-state index contributed by atoms with van der Waals surface area (Å²) < 4.78 is 0. The molecule has 96 valence electrons. The van der Waals surface area contributed by atoms with Gasteiger partial charge in [-0.2, -0.15) is 10.2 Å². The van der Waals surface area contributed by atoms with Gasteiger partial charge < -0.3 is 15.3 Å². The van der Waals surface area contributed by atoms with E-state index in [4.69, 9.17) is 10.2 Å². The molecule has 0 radical (unpaired) electrons. The van der Waals surface area contributed by atoms with Crippen molar-refractivity contribution >= 4 is 17.3 Å². The Balaban J connectivity index is 2.26. The third-order valence-corrected chi connectivity index (χ3v) is 2.34. The highest BCUT2D eigenvalue weighted by Gasteiger charge is 2.09. The summed E-state index contributed by atoms with van der Waals surface area (Å²) >= 11 is 0. The van der Waals surface area contributed by atoms with Gasteiger partial charge in [0.25, 0.3) is 0 Å². The van der Waals surface area contributed by atoms with E-state index in [1.165, 1.54) is 30.3 Å². The maximum absolute atomic E-state index is 10.8. The average Bonchev–Trinajstić information content (AvgIpc) is 2.39. The SMILES string of the molecule is O=C(O)c1cc(N=Nc2ccc(O)cc2)ccc1O. The van der Waals surface area contributed by atoms with Crippen molar-refractivity contribution in [2.45, 2.75) is 0 Å². The highest BCUT2D eigenvalue weighted by molar-refractivity contribution is 5.91. The van der Waals surface area contributed by atoms with Gasteiger partial charge in [-0.15, -0.1) is 0 Å². The van der Waals surface area contributed by atoms with E-state index in [0.717, 1.165) is 0 Å². The monoisotopic (exact) mass is 258 g/mol. The van der Waals surface area contributed by atoms with Crippen molar-refractivity contribution in [2.24, 2.45) is 10.2 Å². The largest absolute Gasteiger partial charge is 0.508 e. The topological polar surface area (TPSA) is 102 Å². The Kier molecular flexibility index (Phi) is 3.42. The average molecular weight is 258 g/mol. The molecular formula is C13H10N2O4. The molecule has 3 N–H and O–H groups in total. The van der Waals surface area contributed by atoms with Crippen molar-refractivity contribution in [1.29, 1.82) is 0 Å². The molecule has 0 aliphatic rings. The second-order valence-corrected chi connectivity index (χ2v) is 3.72. The lowest BCUT2D eigenvalue weighted by Crippen LogP contribution is -1.95. The molecule has 0 aliphatic heterocycles. The molecule has 0 atom stereocenters. The van der Waals surface area contributed by atoms with Gasteiger partial charge in [-0.05, 0) is 42.5 Å². The molecule has 0 saturated heterocycles. The van der Waals surface area contributed by atoms with Crippen LogP contribution in [0.5, 0.6) is 11.5 Å². The second kappa shape index (κ2) is 5.18. The molecule has 2 aromatic carbocycles. The lowest BCUT2D eigenvalue weighted by atomic mass is 10.2. The molecule has 0 aromatic heterocycles. The van der Waals surface area contributed by atoms with Crippen LogP contribution in [0.3, 0.4) is 0 Å². The molecule has 0 amide bonds. The van der Waals surface area contributed by atoms with Crippen LogP contribution in [0.15, 0.2) is 52.7 Å². The number of carboxylic acids is 1. The third-order valence-electron chi connectivity index (χ3n) is 2.34. The molecule has 0 heterocycles. The van der Waals surface area contributed by atoms with Crippen molar-refractivity contribution in [3.8, 4) is 11.5 Å². The summed E-state index contributed by atoms with van der Waals surface area (Å²) in [6.07, 6.45) is 0. The first-order valence-electron chi connectivity index (χ1n) is 5.33. The Morgan fingerprint density at radius 3 is 2.11 bits per heavy atom. The highest BCUT2D eigenvalue weighted by Crippen LogP contribution is 2.25. The molecule has 0 unspecified atom stereocenters. The van der Waals surface area contributed by atoms with E-state index in [2.05, 4.69) is 10.2 Å². The van der Waals surface area contributed by atoms with Gasteiger partial charge in [0.2, 0.25) is 0 Å². The number of nitrogens with zero attached hydrogens (tertiary/aromatic N) is 2. The van der Waals surface area contributed by atoms with Crippen LogP contribution < -0.4 is 0 Å². The normalized spacial score (nSPS) is 10.7. The summed E-state index contributed by atoms with van der Waals surface area (Å²) in [5.74, 6) is -1.44. The van der Waals surface area contributed by atoms with Crippen LogP contribution in [-0.4, -0.2) is 21.3 Å². The number of phenols is 2. The first kappa shape index (κ1) is 12.6. The second-order valence-electron chi connectivity index (χ2n) is 3.72. The van der Waals surface area contributed by atoms with E-state index in [9.17, 15) is 9.90 Å². The number of phenolic OH excluding ortho intramolecular Hbond substituents is 1. The van der Waals surface area contributed by atoms with E-state index in [1.807, 2.05) is 0 Å². The minimum atomic E-state index is -1.24. The summed E-state index contributed by atoms with van der Waals surface area (Å²) in [6.45, 7) is 0. The number of carbonyl (C=O) groups is 1. The third kappa shape index (κ3) is 3.06. The van der Waals surface area contributed by atoms with Crippen LogP contribution in [0.1, 0.15) is 10.4 Å². The molecule has 0 fully saturated rings. The quantitative estimate of drug-likeness (QED) is 0.735. The number of aromatic carboxylic acids is 1. The van der Waals surface area contributed by atoms with Crippen molar-refractivity contribution in [3.05, 3.63) is 48.0 Å². The van der Waals surface area contributed by atoms with Crippen molar-refractivity contribution < 1.29 is 20.1 Å². The van der Waals surface area contributed by atoms with Crippen LogP contribution >= 0.6 is 0 Å². The first-order chi connectivity index (χ1) is 9.06. The Morgan fingerprint density at radius 2 is 1.47 bits per heavy atom. The molecule has 19 heavy (non-hydrogen) atoms. The van der Waals surface area contributed by atoms with Gasteiger partial charge in [0.05, 0.1) is 11.4 Å². The van der Waals surface area contributed by atoms with Gasteiger partial charge in [-0.25, -0.2) is 4.79 Å². The minimum absolute atomic E-state index is 0.122. The van der Waals surface area contributed by atoms with Crippen molar-refractivity contribution in [1.82, 2.24) is 0 Å². The summed E-state index contributed by atoms with van der Waals surface area (Å²) in [5, 5.41) is 35.0. The van der Waals surface area contributed by atoms with Gasteiger partial charge in [0, 0.05) is 0 Å². The summed E-state index contributed by atoms with van der Waals surface area (Å²) in [6, 6.07) is 9.98. The smallest absolute Gasteiger partial charge is 0.339 e. The summed E-state index contributed by atoms with van der Waals surface area (Å²) in [7, 11) is 0. The predicted molar refractivity (Wildman–Crippen MR) is 67.3 cm³/mol. The van der Waals surface area contributed by atoms with Crippen molar-refractivity contribution in [2.75, 3.05) is 0 Å². The summed E-state index contributed by atoms with van der Waals surface area (Å²) in [5.41, 5.74) is 0.591. The molecule has 6 nitrogen and oxygen atoms in total. The Labute approximate surface area is 108 Å². The first-order valence-corrected chi connectivity index (χ1v) is 5.33. The van der Waals surface area contributed by atoms with E-state index < -0.39 is 5.97 Å². The molecule has 0 saturated carbocycles. The van der Waals surface area contributed by atoms with Gasteiger partial charge in [-0.3, -0.25) is 0 Å². The van der Waals surface area contributed by atoms with Crippen LogP contribution in [0.25, 0.3) is 0 Å². The zero-order chi connectivity index (χ0) is 13.8. The number of carboxylic acid groups (broad SMARTS) is 1. The number of azo groups is 1. The lowest BCUT2D eigenvalue weighted by Gasteiger charge is -1.99. The van der Waals surface area contributed by atoms with Crippen LogP contribution in [-0.2, 0) is 0 Å². The van der Waals surface area contributed by atoms with Crippen LogP contribution in [0, 0.1) is 0 Å². The van der Waals surface area contributed by atoms with Crippen LogP contribution in [0.2, 0.25) is 0 Å². The number of hydrogen-bond donors (Lipinski definition) is 3. The fraction of sp³-hybridized carbons (Fsp3) is 0. The zero-order valence-electron chi connectivity index (χ0n) is 9.69. The van der Waals surface area contributed by atoms with Gasteiger partial charge in [-0.1, -0.05) is 0 Å². The fourth-order valence-corrected chi connectivity index (χ4v) is 1.39. The minimum Gasteiger partial charge on any atom is -0.508 e. The van der Waals surface area contributed by atoms with Gasteiger partial charge in [0.15, 0.2) is 0 Å². The fourth-order valence-electron chi connectivity index (χ4n) is 1.39. The molecule has 0 aliphatic carbocycles. The van der Waals surface area contributed by atoms with Crippen LogP contribution in [0.4, 0.5) is 11.4 Å². The molecule has 6 heteroatoms. The molecule has 0 bridgehead atoms. The molecule has 0 spiro atoms. The number of hydrogen-bond acceptors (Lipinski definition) is 5. The maximum atomic E-state index is 10.8. The summed E-state index contributed by atoms with van der Waals surface area (Å²) in [4.78, 5) is 10.8. The van der Waals surface area contributed by atoms with Crippen molar-refractivity contribution in [3.63, 3.8) is 0 Å². The van der Waals surface area contributed by atoms with E-state index in [0.29, 0.717) is 11.4 Å². The standard InChI is InChI=1S/C13H10N2O4/c16-10-4-1-8(2-5-10)14-15-9-3-6-12(17)11(7-9)13(18)19/h1-7,16-17H,(H,18,19). The molecular weight excluding hydrogens is 248 g/mol. The van der Waals surface area contributed by atoms with E-state index in [1.54, 1.807) is 12.1 Å². The van der Waals surface area contributed by atoms with E-state index in [-0.39, 0.29) is 17.1 Å². The Bertz CT molecular complexity index is 636. The number of rotatable bonds is 3. The zero-order valence-corrected chi connectivity index (χ0v) is 9.69. The molecule has 2 rings (SSSR count). The lowest BCUT2D eigenvalue weighted by molar-refractivity contribution is 0.0694. The Morgan fingerprint density at radius 1 is 0.895 bits per heavy atom. The Hall–Kier alpha value is -2.89. The number of aromatic hydroxyl groups is 2. The maximum Gasteiger partial charge on any atom is 0.339 e.